The first-order valence-corrected chi connectivity index (χ1v) is 32.1. The first kappa shape index (κ1) is 69.3. The molecule has 0 aliphatic heterocycles. The molecule has 1 amide bonds. The highest BCUT2D eigenvalue weighted by molar-refractivity contribution is 5.76. The monoisotopic (exact) mass is 1000 g/mol. The zero-order valence-corrected chi connectivity index (χ0v) is 48.0. The van der Waals surface area contributed by atoms with E-state index in [-0.39, 0.29) is 18.5 Å². The molecule has 420 valence electrons. The van der Waals surface area contributed by atoms with E-state index in [2.05, 4.69) is 43.5 Å². The number of aliphatic hydroxyl groups excluding tert-OH is 2. The van der Waals surface area contributed by atoms with Crippen LogP contribution in [0, 0.1) is 0 Å². The van der Waals surface area contributed by atoms with Crippen molar-refractivity contribution in [2.75, 3.05) is 13.2 Å². The third-order valence-corrected chi connectivity index (χ3v) is 15.0. The van der Waals surface area contributed by atoms with Gasteiger partial charge in [0.15, 0.2) is 0 Å². The molecule has 71 heavy (non-hydrogen) atoms. The number of hydrogen-bond acceptors (Lipinski definition) is 5. The quantitative estimate of drug-likeness (QED) is 0.0320. The van der Waals surface area contributed by atoms with E-state index >= 15 is 0 Å². The Morgan fingerprint density at radius 1 is 0.394 bits per heavy atom. The third-order valence-electron chi connectivity index (χ3n) is 15.0. The van der Waals surface area contributed by atoms with Crippen molar-refractivity contribution in [3.63, 3.8) is 0 Å². The van der Waals surface area contributed by atoms with Crippen LogP contribution in [0.1, 0.15) is 354 Å². The summed E-state index contributed by atoms with van der Waals surface area (Å²) in [6, 6.07) is -0.540. The van der Waals surface area contributed by atoms with Crippen LogP contribution in [0.4, 0.5) is 0 Å². The zero-order valence-electron chi connectivity index (χ0n) is 48.0. The van der Waals surface area contributed by atoms with Crippen LogP contribution in [0.25, 0.3) is 0 Å². The van der Waals surface area contributed by atoms with E-state index in [1.807, 2.05) is 0 Å². The van der Waals surface area contributed by atoms with E-state index in [9.17, 15) is 19.8 Å². The summed E-state index contributed by atoms with van der Waals surface area (Å²) >= 11 is 0. The number of ether oxygens (including phenoxy) is 1. The summed E-state index contributed by atoms with van der Waals surface area (Å²) in [5.41, 5.74) is 0. The van der Waals surface area contributed by atoms with Gasteiger partial charge in [-0.2, -0.15) is 0 Å². The minimum Gasteiger partial charge on any atom is -0.466 e. The standard InChI is InChI=1S/C65H125NO5/c1-3-5-7-9-11-13-15-17-18-19-28-31-35-39-43-47-51-55-59-65(70)71-60-56-52-48-44-40-36-32-29-26-24-22-20-21-23-25-27-30-34-38-42-46-50-54-58-64(69)66-62(61-67)63(68)57-53-49-45-41-37-33-16-14-12-10-8-6-4-2/h13,15,18-19,62-63,67-68H,3-12,14,16-17,20-61H2,1-2H3,(H,66,69)/b15-13-,19-18-. The summed E-state index contributed by atoms with van der Waals surface area (Å²) in [6.07, 6.45) is 74.8. The Hall–Kier alpha value is -1.66. The van der Waals surface area contributed by atoms with E-state index in [0.29, 0.717) is 25.9 Å². The van der Waals surface area contributed by atoms with E-state index < -0.39 is 12.1 Å². The topological polar surface area (TPSA) is 95.9 Å². The van der Waals surface area contributed by atoms with Gasteiger partial charge in [-0.25, -0.2) is 0 Å². The molecule has 0 aromatic heterocycles. The number of unbranched alkanes of at least 4 members (excludes halogenated alkanes) is 45. The second-order valence-electron chi connectivity index (χ2n) is 22.1. The Morgan fingerprint density at radius 3 is 1.08 bits per heavy atom. The van der Waals surface area contributed by atoms with Crippen molar-refractivity contribution < 1.29 is 24.5 Å². The number of esters is 1. The highest BCUT2D eigenvalue weighted by Gasteiger charge is 2.20. The Bertz CT molecular complexity index is 1110. The lowest BCUT2D eigenvalue weighted by molar-refractivity contribution is -0.143. The first-order valence-electron chi connectivity index (χ1n) is 32.1. The highest BCUT2D eigenvalue weighted by Crippen LogP contribution is 2.18. The Morgan fingerprint density at radius 2 is 0.704 bits per heavy atom. The van der Waals surface area contributed by atoms with Crippen molar-refractivity contribution in [2.45, 2.75) is 366 Å². The van der Waals surface area contributed by atoms with Crippen molar-refractivity contribution in [3.8, 4) is 0 Å². The molecule has 2 unspecified atom stereocenters. The Balaban J connectivity index is 3.35. The van der Waals surface area contributed by atoms with Gasteiger partial charge in [-0.05, 0) is 57.8 Å². The molecule has 6 heteroatoms. The van der Waals surface area contributed by atoms with Gasteiger partial charge in [-0.15, -0.1) is 0 Å². The number of nitrogens with one attached hydrogen (secondary N) is 1. The largest absolute Gasteiger partial charge is 0.466 e. The van der Waals surface area contributed by atoms with Crippen molar-refractivity contribution in [1.29, 1.82) is 0 Å². The van der Waals surface area contributed by atoms with Gasteiger partial charge in [0.1, 0.15) is 0 Å². The zero-order chi connectivity index (χ0) is 51.4. The molecule has 0 saturated carbocycles. The van der Waals surface area contributed by atoms with Crippen LogP contribution in [-0.4, -0.2) is 47.4 Å². The van der Waals surface area contributed by atoms with E-state index in [1.54, 1.807) is 0 Å². The van der Waals surface area contributed by atoms with Gasteiger partial charge in [0.2, 0.25) is 5.91 Å². The minimum absolute atomic E-state index is 0.00755. The fourth-order valence-corrected chi connectivity index (χ4v) is 10.1. The smallest absolute Gasteiger partial charge is 0.305 e. The number of rotatable bonds is 60. The minimum atomic E-state index is -0.663. The summed E-state index contributed by atoms with van der Waals surface area (Å²) < 4.78 is 5.50. The summed E-state index contributed by atoms with van der Waals surface area (Å²) in [6.45, 7) is 4.95. The van der Waals surface area contributed by atoms with Gasteiger partial charge in [-0.1, -0.05) is 308 Å². The number of allylic oxidation sites excluding steroid dienone is 4. The van der Waals surface area contributed by atoms with Crippen molar-refractivity contribution in [1.82, 2.24) is 5.32 Å². The number of carbonyl (C=O) groups excluding carboxylic acids is 2. The number of carbonyl (C=O) groups is 2. The van der Waals surface area contributed by atoms with Crippen molar-refractivity contribution in [2.24, 2.45) is 0 Å². The van der Waals surface area contributed by atoms with Gasteiger partial charge in [0.25, 0.3) is 0 Å². The predicted octanol–water partition coefficient (Wildman–Crippen LogP) is 20.2. The van der Waals surface area contributed by atoms with E-state index in [4.69, 9.17) is 4.74 Å². The molecule has 0 fully saturated rings. The second-order valence-corrected chi connectivity index (χ2v) is 22.1. The lowest BCUT2D eigenvalue weighted by atomic mass is 10.0. The molecule has 0 aromatic rings. The Labute approximate surface area is 443 Å². The molecule has 0 heterocycles. The SMILES string of the molecule is CCCCCC/C=C\C/C=C\CCCCCCCCCC(=O)OCCCCCCCCCCCCCCCCCCCCCCCCCC(=O)NC(CO)C(O)CCCCCCCCCCCCCCC. The number of amides is 1. The fourth-order valence-electron chi connectivity index (χ4n) is 10.1. The molecule has 0 aromatic carbocycles. The maximum atomic E-state index is 12.5. The molecular weight excluding hydrogens is 875 g/mol. The predicted molar refractivity (Wildman–Crippen MR) is 310 cm³/mol. The molecule has 0 rings (SSSR count). The average molecular weight is 1000 g/mol. The average Bonchev–Trinajstić information content (AvgIpc) is 3.37. The van der Waals surface area contributed by atoms with Gasteiger partial charge in [-0.3, -0.25) is 9.59 Å². The Kier molecular flexibility index (Phi) is 59.5. The van der Waals surface area contributed by atoms with Crippen LogP contribution in [0.2, 0.25) is 0 Å². The van der Waals surface area contributed by atoms with E-state index in [0.717, 1.165) is 51.4 Å². The molecule has 0 radical (unpaired) electrons. The van der Waals surface area contributed by atoms with Crippen molar-refractivity contribution in [3.05, 3.63) is 24.3 Å². The summed E-state index contributed by atoms with van der Waals surface area (Å²) in [4.78, 5) is 24.6. The molecule has 0 saturated heterocycles. The summed E-state index contributed by atoms with van der Waals surface area (Å²) in [5, 5.41) is 23.3. The molecule has 0 aliphatic rings. The van der Waals surface area contributed by atoms with Crippen LogP contribution < -0.4 is 5.32 Å². The molecule has 2 atom stereocenters. The first-order chi connectivity index (χ1) is 35.0. The molecule has 3 N–H and O–H groups in total. The summed E-state index contributed by atoms with van der Waals surface area (Å²) in [7, 11) is 0. The lowest BCUT2D eigenvalue weighted by Crippen LogP contribution is -2.45. The van der Waals surface area contributed by atoms with Gasteiger partial charge >= 0.3 is 5.97 Å². The van der Waals surface area contributed by atoms with E-state index in [1.165, 1.54) is 270 Å². The van der Waals surface area contributed by atoms with Crippen LogP contribution in [0.5, 0.6) is 0 Å². The highest BCUT2D eigenvalue weighted by atomic mass is 16.5. The van der Waals surface area contributed by atoms with Crippen molar-refractivity contribution >= 4 is 11.9 Å². The molecule has 0 aliphatic carbocycles. The molecule has 6 nitrogen and oxygen atoms in total. The van der Waals surface area contributed by atoms with Crippen LogP contribution in [0.15, 0.2) is 24.3 Å². The third kappa shape index (κ3) is 57.5. The van der Waals surface area contributed by atoms with Crippen LogP contribution in [-0.2, 0) is 14.3 Å². The number of hydrogen-bond donors (Lipinski definition) is 3. The molecule has 0 spiro atoms. The normalized spacial score (nSPS) is 12.7. The fraction of sp³-hybridized carbons (Fsp3) is 0.908. The lowest BCUT2D eigenvalue weighted by Gasteiger charge is -2.22. The van der Waals surface area contributed by atoms with Gasteiger partial charge in [0.05, 0.1) is 25.4 Å². The maximum absolute atomic E-state index is 12.5. The molecule has 0 bridgehead atoms. The van der Waals surface area contributed by atoms with Crippen LogP contribution in [0.3, 0.4) is 0 Å². The van der Waals surface area contributed by atoms with Gasteiger partial charge < -0.3 is 20.3 Å². The van der Waals surface area contributed by atoms with Gasteiger partial charge in [0, 0.05) is 12.8 Å². The molecular formula is C65H125NO5. The van der Waals surface area contributed by atoms with Crippen LogP contribution >= 0.6 is 0 Å². The maximum Gasteiger partial charge on any atom is 0.305 e. The second kappa shape index (κ2) is 60.9. The summed E-state index contributed by atoms with van der Waals surface area (Å²) in [5.74, 6) is -0.0256. The number of aliphatic hydroxyl groups is 2.